The lowest BCUT2D eigenvalue weighted by atomic mass is 9.85. The van der Waals surface area contributed by atoms with Crippen LogP contribution < -0.4 is 16.0 Å². The van der Waals surface area contributed by atoms with Gasteiger partial charge in [-0.25, -0.2) is 4.79 Å². The Kier molecular flexibility index (Phi) is 8.80. The van der Waals surface area contributed by atoms with Crippen molar-refractivity contribution in [3.63, 3.8) is 0 Å². The van der Waals surface area contributed by atoms with Crippen molar-refractivity contribution in [1.82, 2.24) is 16.0 Å². The number of amides is 1. The van der Waals surface area contributed by atoms with Gasteiger partial charge < -0.3 is 20.7 Å². The minimum Gasteiger partial charge on any atom is -0.449 e. The molecular formula is C12H27N3O2. The Morgan fingerprint density at radius 1 is 1.12 bits per heavy atom. The molecule has 0 heterocycles. The van der Waals surface area contributed by atoms with Gasteiger partial charge in [0, 0.05) is 25.6 Å². The highest BCUT2D eigenvalue weighted by Gasteiger charge is 2.29. The molecule has 0 aromatic rings. The van der Waals surface area contributed by atoms with E-state index in [-0.39, 0.29) is 11.5 Å². The van der Waals surface area contributed by atoms with Crippen LogP contribution in [0.2, 0.25) is 0 Å². The fraction of sp³-hybridized carbons (Fsp3) is 0.917. The Balaban J connectivity index is 4.36. The summed E-state index contributed by atoms with van der Waals surface area (Å²) in [5.74, 6) is 0. The molecule has 5 heteroatoms. The van der Waals surface area contributed by atoms with Crippen LogP contribution in [0, 0.1) is 5.41 Å². The van der Waals surface area contributed by atoms with E-state index in [9.17, 15) is 4.79 Å². The number of carbonyl (C=O) groups excluding carboxylic acids is 1. The quantitative estimate of drug-likeness (QED) is 0.566. The third-order valence-corrected chi connectivity index (χ3v) is 2.96. The zero-order valence-electron chi connectivity index (χ0n) is 11.6. The largest absolute Gasteiger partial charge is 0.449 e. The van der Waals surface area contributed by atoms with Gasteiger partial charge in [-0.05, 0) is 19.5 Å². The topological polar surface area (TPSA) is 62.4 Å². The van der Waals surface area contributed by atoms with E-state index in [4.69, 9.17) is 4.74 Å². The smallest absolute Gasteiger partial charge is 0.406 e. The second kappa shape index (κ2) is 9.24. The molecule has 0 aromatic heterocycles. The molecule has 3 N–H and O–H groups in total. The van der Waals surface area contributed by atoms with Crippen molar-refractivity contribution in [2.75, 3.05) is 39.8 Å². The van der Waals surface area contributed by atoms with Crippen LogP contribution >= 0.6 is 0 Å². The molecule has 0 aliphatic carbocycles. The predicted molar refractivity (Wildman–Crippen MR) is 70.2 cm³/mol. The maximum atomic E-state index is 11.1. The van der Waals surface area contributed by atoms with Crippen LogP contribution in [0.3, 0.4) is 0 Å². The van der Waals surface area contributed by atoms with E-state index in [1.54, 1.807) is 7.05 Å². The van der Waals surface area contributed by atoms with Crippen molar-refractivity contribution in [2.24, 2.45) is 5.41 Å². The summed E-state index contributed by atoms with van der Waals surface area (Å²) in [6, 6.07) is 0. The van der Waals surface area contributed by atoms with Gasteiger partial charge in [-0.3, -0.25) is 0 Å². The third kappa shape index (κ3) is 6.48. The molecule has 0 aliphatic heterocycles. The van der Waals surface area contributed by atoms with Crippen molar-refractivity contribution in [3.05, 3.63) is 0 Å². The van der Waals surface area contributed by atoms with Crippen LogP contribution in [0.1, 0.15) is 27.2 Å². The third-order valence-electron chi connectivity index (χ3n) is 2.96. The average Bonchev–Trinajstić information content (AvgIpc) is 2.38. The summed E-state index contributed by atoms with van der Waals surface area (Å²) in [4.78, 5) is 11.1. The molecule has 0 atom stereocenters. The minimum absolute atomic E-state index is 0.0292. The molecule has 0 bridgehead atoms. The van der Waals surface area contributed by atoms with Crippen LogP contribution in [0.4, 0.5) is 4.79 Å². The maximum Gasteiger partial charge on any atom is 0.406 e. The van der Waals surface area contributed by atoms with Crippen molar-refractivity contribution < 1.29 is 9.53 Å². The monoisotopic (exact) mass is 245 g/mol. The fourth-order valence-electron chi connectivity index (χ4n) is 1.59. The van der Waals surface area contributed by atoms with Crippen molar-refractivity contribution in [2.45, 2.75) is 27.2 Å². The predicted octanol–water partition coefficient (Wildman–Crippen LogP) is 0.958. The summed E-state index contributed by atoms with van der Waals surface area (Å²) in [5.41, 5.74) is -0.0292. The highest BCUT2D eigenvalue weighted by atomic mass is 16.5. The molecule has 0 radical (unpaired) electrons. The molecular weight excluding hydrogens is 218 g/mol. The van der Waals surface area contributed by atoms with Gasteiger partial charge in [0.1, 0.15) is 6.61 Å². The maximum absolute atomic E-state index is 11.1. The van der Waals surface area contributed by atoms with Gasteiger partial charge in [0.25, 0.3) is 0 Å². The van der Waals surface area contributed by atoms with Crippen LogP contribution in [-0.2, 0) is 4.74 Å². The molecule has 0 aliphatic rings. The van der Waals surface area contributed by atoms with Gasteiger partial charge in [-0.2, -0.15) is 0 Å². The second-order valence-electron chi connectivity index (χ2n) is 4.24. The number of alkyl carbamates (subject to hydrolysis) is 1. The molecule has 0 fully saturated rings. The van der Waals surface area contributed by atoms with Gasteiger partial charge in [-0.1, -0.05) is 20.8 Å². The van der Waals surface area contributed by atoms with E-state index in [0.29, 0.717) is 6.61 Å². The van der Waals surface area contributed by atoms with E-state index in [2.05, 4.69) is 36.7 Å². The Morgan fingerprint density at radius 2 is 1.65 bits per heavy atom. The first-order chi connectivity index (χ1) is 8.14. The lowest BCUT2D eigenvalue weighted by Gasteiger charge is -2.32. The lowest BCUT2D eigenvalue weighted by molar-refractivity contribution is 0.0786. The first-order valence-electron chi connectivity index (χ1n) is 6.40. The molecule has 102 valence electrons. The summed E-state index contributed by atoms with van der Waals surface area (Å²) >= 11 is 0. The summed E-state index contributed by atoms with van der Waals surface area (Å²) in [5, 5.41) is 9.15. The van der Waals surface area contributed by atoms with Crippen molar-refractivity contribution >= 4 is 6.09 Å². The molecule has 0 unspecified atom stereocenters. The average molecular weight is 245 g/mol. The molecule has 5 nitrogen and oxygen atoms in total. The number of hydrogen-bond donors (Lipinski definition) is 3. The number of hydrogen-bond acceptors (Lipinski definition) is 4. The molecule has 17 heavy (non-hydrogen) atoms. The second-order valence-corrected chi connectivity index (χ2v) is 4.24. The van der Waals surface area contributed by atoms with Gasteiger partial charge in [0.2, 0.25) is 0 Å². The van der Waals surface area contributed by atoms with Crippen molar-refractivity contribution in [3.8, 4) is 0 Å². The number of carbonyl (C=O) groups is 1. The normalized spacial score (nSPS) is 11.3. The highest BCUT2D eigenvalue weighted by molar-refractivity contribution is 5.66. The zero-order valence-corrected chi connectivity index (χ0v) is 11.6. The Labute approximate surface area is 105 Å². The Bertz CT molecular complexity index is 202. The summed E-state index contributed by atoms with van der Waals surface area (Å²) in [7, 11) is 1.57. The van der Waals surface area contributed by atoms with E-state index < -0.39 is 0 Å². The van der Waals surface area contributed by atoms with Gasteiger partial charge in [-0.15, -0.1) is 0 Å². The fourth-order valence-corrected chi connectivity index (χ4v) is 1.59. The van der Waals surface area contributed by atoms with Gasteiger partial charge in [0.05, 0.1) is 0 Å². The molecule has 0 spiro atoms. The highest BCUT2D eigenvalue weighted by Crippen LogP contribution is 2.20. The molecule has 0 saturated heterocycles. The Hall–Kier alpha value is -0.810. The van der Waals surface area contributed by atoms with Crippen LogP contribution in [0.15, 0.2) is 0 Å². The molecule has 0 aromatic carbocycles. The Morgan fingerprint density at radius 3 is 2.00 bits per heavy atom. The van der Waals surface area contributed by atoms with Gasteiger partial charge >= 0.3 is 6.09 Å². The van der Waals surface area contributed by atoms with E-state index >= 15 is 0 Å². The molecule has 1 amide bonds. The standard InChI is InChI=1S/C12H27N3O2/c1-5-12(8-14-6-2,9-15-7-3)10-17-11(16)13-4/h14-15H,5-10H2,1-4H3,(H,13,16). The number of nitrogens with one attached hydrogen (secondary N) is 3. The molecule has 0 saturated carbocycles. The lowest BCUT2D eigenvalue weighted by Crippen LogP contribution is -2.46. The summed E-state index contributed by atoms with van der Waals surface area (Å²) in [6.07, 6.45) is 0.597. The number of rotatable bonds is 9. The van der Waals surface area contributed by atoms with Crippen LogP contribution in [0.25, 0.3) is 0 Å². The number of ether oxygens (including phenoxy) is 1. The van der Waals surface area contributed by atoms with Gasteiger partial charge in [0.15, 0.2) is 0 Å². The zero-order chi connectivity index (χ0) is 13.1. The minimum atomic E-state index is -0.365. The first kappa shape index (κ1) is 16.2. The molecule has 0 rings (SSSR count). The van der Waals surface area contributed by atoms with E-state index in [1.165, 1.54) is 0 Å². The van der Waals surface area contributed by atoms with Crippen molar-refractivity contribution in [1.29, 1.82) is 0 Å². The summed E-state index contributed by atoms with van der Waals surface area (Å²) < 4.78 is 5.21. The van der Waals surface area contributed by atoms with Crippen LogP contribution in [-0.4, -0.2) is 45.9 Å². The van der Waals surface area contributed by atoms with E-state index in [1.807, 2.05) is 0 Å². The first-order valence-corrected chi connectivity index (χ1v) is 6.40. The SMILES string of the molecule is CCNCC(CC)(CNCC)COC(=O)NC. The van der Waals surface area contributed by atoms with Crippen LogP contribution in [0.5, 0.6) is 0 Å². The summed E-state index contributed by atoms with van der Waals surface area (Å²) in [6.45, 7) is 10.3. The van der Waals surface area contributed by atoms with E-state index in [0.717, 1.165) is 32.6 Å².